The molecule has 0 radical (unpaired) electrons. The van der Waals surface area contributed by atoms with Crippen LogP contribution in [-0.2, 0) is 4.79 Å². The lowest BCUT2D eigenvalue weighted by Crippen LogP contribution is -2.37. The SMILES string of the molecule is Cl.O=C(Nc1ccc(Cl)c(F)c1)C1CSCN1. The van der Waals surface area contributed by atoms with Gasteiger partial charge >= 0.3 is 0 Å². The molecule has 0 aromatic heterocycles. The van der Waals surface area contributed by atoms with Crippen molar-refractivity contribution in [2.75, 3.05) is 16.9 Å². The zero-order valence-corrected chi connectivity index (χ0v) is 11.1. The van der Waals surface area contributed by atoms with Crippen molar-refractivity contribution < 1.29 is 9.18 Å². The Bertz CT molecular complexity index is 413. The summed E-state index contributed by atoms with van der Waals surface area (Å²) in [5.41, 5.74) is 0.422. The second-order valence-electron chi connectivity index (χ2n) is 3.39. The van der Waals surface area contributed by atoms with Crippen LogP contribution in [0.3, 0.4) is 0 Å². The highest BCUT2D eigenvalue weighted by atomic mass is 35.5. The van der Waals surface area contributed by atoms with Crippen LogP contribution in [0.2, 0.25) is 5.02 Å². The maximum atomic E-state index is 13.1. The molecule has 1 atom stereocenters. The molecule has 1 heterocycles. The summed E-state index contributed by atoms with van der Waals surface area (Å²) in [7, 11) is 0. The number of carbonyl (C=O) groups excluding carboxylic acids is 1. The topological polar surface area (TPSA) is 41.1 Å². The largest absolute Gasteiger partial charge is 0.325 e. The quantitative estimate of drug-likeness (QED) is 0.881. The summed E-state index contributed by atoms with van der Waals surface area (Å²) < 4.78 is 13.1. The van der Waals surface area contributed by atoms with Crippen LogP contribution in [0, 0.1) is 5.82 Å². The first kappa shape index (κ1) is 14.6. The van der Waals surface area contributed by atoms with E-state index >= 15 is 0 Å². The molecule has 17 heavy (non-hydrogen) atoms. The lowest BCUT2D eigenvalue weighted by atomic mass is 10.2. The Balaban J connectivity index is 0.00000144. The molecular weight excluding hydrogens is 286 g/mol. The number of carbonyl (C=O) groups is 1. The van der Waals surface area contributed by atoms with Crippen molar-refractivity contribution in [3.05, 3.63) is 29.0 Å². The van der Waals surface area contributed by atoms with Gasteiger partial charge in [0, 0.05) is 17.3 Å². The van der Waals surface area contributed by atoms with Gasteiger partial charge < -0.3 is 5.32 Å². The Morgan fingerprint density at radius 1 is 1.59 bits per heavy atom. The summed E-state index contributed by atoms with van der Waals surface area (Å²) in [5.74, 6) is 0.828. The van der Waals surface area contributed by atoms with Crippen molar-refractivity contribution in [1.29, 1.82) is 0 Å². The van der Waals surface area contributed by atoms with E-state index in [4.69, 9.17) is 11.6 Å². The average molecular weight is 297 g/mol. The third-order valence-electron chi connectivity index (χ3n) is 2.22. The summed E-state index contributed by atoms with van der Waals surface area (Å²) in [6, 6.07) is 4.00. The minimum Gasteiger partial charge on any atom is -0.325 e. The highest BCUT2D eigenvalue weighted by molar-refractivity contribution is 7.99. The van der Waals surface area contributed by atoms with Crippen LogP contribution in [0.5, 0.6) is 0 Å². The number of hydrogen-bond donors (Lipinski definition) is 2. The molecule has 2 N–H and O–H groups in total. The zero-order chi connectivity index (χ0) is 11.5. The first-order valence-corrected chi connectivity index (χ1v) is 6.27. The average Bonchev–Trinajstić information content (AvgIpc) is 2.77. The standard InChI is InChI=1S/C10H10ClFN2OS.ClH/c11-7-2-1-6(3-8(7)12)14-10(15)9-4-16-5-13-9;/h1-3,9,13H,4-5H2,(H,14,15);1H. The van der Waals surface area contributed by atoms with Gasteiger partial charge in [0.25, 0.3) is 0 Å². The van der Waals surface area contributed by atoms with E-state index in [0.717, 1.165) is 11.6 Å². The maximum absolute atomic E-state index is 13.1. The van der Waals surface area contributed by atoms with Gasteiger partial charge in [-0.1, -0.05) is 11.6 Å². The highest BCUT2D eigenvalue weighted by Crippen LogP contribution is 2.19. The number of thioether (sulfide) groups is 1. The van der Waals surface area contributed by atoms with Crippen molar-refractivity contribution in [1.82, 2.24) is 5.32 Å². The molecule has 1 aromatic carbocycles. The summed E-state index contributed by atoms with van der Waals surface area (Å²) >= 11 is 7.20. The van der Waals surface area contributed by atoms with E-state index in [1.165, 1.54) is 12.1 Å². The number of nitrogens with one attached hydrogen (secondary N) is 2. The number of halogens is 3. The molecule has 1 aromatic rings. The van der Waals surface area contributed by atoms with Gasteiger partial charge in [-0.05, 0) is 18.2 Å². The first-order valence-electron chi connectivity index (χ1n) is 4.74. The molecule has 1 aliphatic rings. The summed E-state index contributed by atoms with van der Waals surface area (Å²) in [4.78, 5) is 11.7. The summed E-state index contributed by atoms with van der Waals surface area (Å²) in [5, 5.41) is 5.72. The van der Waals surface area contributed by atoms with Gasteiger partial charge in [-0.2, -0.15) is 0 Å². The molecule has 2 rings (SSSR count). The van der Waals surface area contributed by atoms with Crippen molar-refractivity contribution in [3.8, 4) is 0 Å². The zero-order valence-electron chi connectivity index (χ0n) is 8.70. The summed E-state index contributed by atoms with van der Waals surface area (Å²) in [6.07, 6.45) is 0. The van der Waals surface area contributed by atoms with Crippen LogP contribution in [0.25, 0.3) is 0 Å². The van der Waals surface area contributed by atoms with Crippen LogP contribution in [0.1, 0.15) is 0 Å². The molecule has 1 amide bonds. The normalized spacial score (nSPS) is 18.6. The van der Waals surface area contributed by atoms with E-state index in [0.29, 0.717) is 5.69 Å². The fraction of sp³-hybridized carbons (Fsp3) is 0.300. The van der Waals surface area contributed by atoms with Crippen molar-refractivity contribution in [2.45, 2.75) is 6.04 Å². The maximum Gasteiger partial charge on any atom is 0.242 e. The number of amides is 1. The van der Waals surface area contributed by atoms with E-state index in [1.807, 2.05) is 0 Å². The van der Waals surface area contributed by atoms with Crippen LogP contribution < -0.4 is 10.6 Å². The fourth-order valence-electron chi connectivity index (χ4n) is 1.37. The monoisotopic (exact) mass is 296 g/mol. The molecule has 1 aliphatic heterocycles. The third-order valence-corrected chi connectivity index (χ3v) is 3.47. The second-order valence-corrected chi connectivity index (χ2v) is 4.83. The van der Waals surface area contributed by atoms with Gasteiger partial charge in [0.05, 0.1) is 11.1 Å². The molecule has 0 spiro atoms. The molecule has 1 unspecified atom stereocenters. The minimum absolute atomic E-state index is 0. The first-order chi connectivity index (χ1) is 7.66. The lowest BCUT2D eigenvalue weighted by Gasteiger charge is -2.10. The van der Waals surface area contributed by atoms with E-state index in [-0.39, 0.29) is 29.4 Å². The Kier molecular flexibility index (Phi) is 5.52. The highest BCUT2D eigenvalue weighted by Gasteiger charge is 2.22. The van der Waals surface area contributed by atoms with Gasteiger partial charge in [-0.3, -0.25) is 10.1 Å². The van der Waals surface area contributed by atoms with E-state index < -0.39 is 5.82 Å². The molecule has 0 saturated carbocycles. The predicted molar refractivity (Wildman–Crippen MR) is 71.5 cm³/mol. The summed E-state index contributed by atoms with van der Waals surface area (Å²) in [6.45, 7) is 0. The third kappa shape index (κ3) is 3.74. The Morgan fingerprint density at radius 3 is 2.94 bits per heavy atom. The molecule has 7 heteroatoms. The van der Waals surface area contributed by atoms with E-state index in [2.05, 4.69) is 10.6 Å². The van der Waals surface area contributed by atoms with Gasteiger partial charge in [-0.15, -0.1) is 24.2 Å². The molecular formula is C10H11Cl2FN2OS. The predicted octanol–water partition coefficient (Wildman–Crippen LogP) is 2.50. The molecule has 1 fully saturated rings. The molecule has 1 saturated heterocycles. The number of hydrogen-bond acceptors (Lipinski definition) is 3. The van der Waals surface area contributed by atoms with Crippen molar-refractivity contribution in [2.24, 2.45) is 0 Å². The molecule has 94 valence electrons. The van der Waals surface area contributed by atoms with Gasteiger partial charge in [0.1, 0.15) is 5.82 Å². The molecule has 3 nitrogen and oxygen atoms in total. The van der Waals surface area contributed by atoms with Crippen LogP contribution in [0.15, 0.2) is 18.2 Å². The lowest BCUT2D eigenvalue weighted by molar-refractivity contribution is -0.117. The van der Waals surface area contributed by atoms with Gasteiger partial charge in [0.2, 0.25) is 5.91 Å². The number of anilines is 1. The number of benzene rings is 1. The van der Waals surface area contributed by atoms with Crippen LogP contribution >= 0.6 is 35.8 Å². The molecule has 0 aliphatic carbocycles. The Labute approximate surface area is 114 Å². The Hall–Kier alpha value is -0.490. The van der Waals surface area contributed by atoms with E-state index in [9.17, 15) is 9.18 Å². The smallest absolute Gasteiger partial charge is 0.242 e. The fourth-order valence-corrected chi connectivity index (χ4v) is 2.43. The van der Waals surface area contributed by atoms with Gasteiger partial charge in [0.15, 0.2) is 0 Å². The molecule has 0 bridgehead atoms. The van der Waals surface area contributed by atoms with Crippen molar-refractivity contribution >= 4 is 47.4 Å². The second kappa shape index (κ2) is 6.44. The van der Waals surface area contributed by atoms with Crippen LogP contribution in [-0.4, -0.2) is 23.6 Å². The van der Waals surface area contributed by atoms with Crippen LogP contribution in [0.4, 0.5) is 10.1 Å². The number of rotatable bonds is 2. The van der Waals surface area contributed by atoms with Crippen molar-refractivity contribution in [3.63, 3.8) is 0 Å². The Morgan fingerprint density at radius 2 is 2.35 bits per heavy atom. The minimum atomic E-state index is -0.534. The van der Waals surface area contributed by atoms with Gasteiger partial charge in [-0.25, -0.2) is 4.39 Å². The van der Waals surface area contributed by atoms with E-state index in [1.54, 1.807) is 17.8 Å².